The number of aromatic nitrogens is 1. The minimum absolute atomic E-state index is 0.0654. The van der Waals surface area contributed by atoms with Crippen LogP contribution < -0.4 is 5.73 Å². The lowest BCUT2D eigenvalue weighted by atomic mass is 10.0. The lowest BCUT2D eigenvalue weighted by molar-refractivity contribution is -0.119. The first-order chi connectivity index (χ1) is 11.1. The van der Waals surface area contributed by atoms with Gasteiger partial charge in [0.25, 0.3) is 5.91 Å². The van der Waals surface area contributed by atoms with E-state index in [1.54, 1.807) is 24.3 Å². The third-order valence-electron chi connectivity index (χ3n) is 4.30. The van der Waals surface area contributed by atoms with Gasteiger partial charge in [0.05, 0.1) is 17.2 Å². The summed E-state index contributed by atoms with van der Waals surface area (Å²) in [6.45, 7) is 0.917. The fourth-order valence-corrected chi connectivity index (χ4v) is 3.18. The van der Waals surface area contributed by atoms with Crippen LogP contribution in [0, 0.1) is 5.92 Å². The second-order valence-electron chi connectivity index (χ2n) is 5.80. The molecule has 1 aliphatic heterocycles. The second kappa shape index (κ2) is 6.34. The summed E-state index contributed by atoms with van der Waals surface area (Å²) in [4.78, 5) is 30.1. The van der Waals surface area contributed by atoms with E-state index in [-0.39, 0.29) is 30.3 Å². The van der Waals surface area contributed by atoms with E-state index in [0.29, 0.717) is 24.2 Å². The summed E-state index contributed by atoms with van der Waals surface area (Å²) >= 11 is 0. The van der Waals surface area contributed by atoms with Gasteiger partial charge in [-0.05, 0) is 12.1 Å². The number of likely N-dealkylation sites (tertiary alicyclic amines) is 1. The lowest BCUT2D eigenvalue weighted by Crippen LogP contribution is -2.30. The van der Waals surface area contributed by atoms with Crippen molar-refractivity contribution < 1.29 is 14.3 Å². The SMILES string of the molecule is CO[C@H]1CN(C(=O)c2cccc3cccnc23)C[C@@H]1CC(N)=O. The molecule has 2 aromatic rings. The van der Waals surface area contributed by atoms with E-state index in [0.717, 1.165) is 5.39 Å². The smallest absolute Gasteiger partial charge is 0.256 e. The number of primary amides is 1. The van der Waals surface area contributed by atoms with Crippen LogP contribution in [0.5, 0.6) is 0 Å². The Morgan fingerprint density at radius 3 is 2.83 bits per heavy atom. The first-order valence-corrected chi connectivity index (χ1v) is 7.54. The number of carbonyl (C=O) groups is 2. The fourth-order valence-electron chi connectivity index (χ4n) is 3.18. The number of nitrogens with zero attached hydrogens (tertiary/aromatic N) is 2. The van der Waals surface area contributed by atoms with Gasteiger partial charge in [-0.25, -0.2) is 0 Å². The number of pyridine rings is 1. The minimum atomic E-state index is -0.377. The molecule has 1 aliphatic rings. The number of methoxy groups -OCH3 is 1. The molecule has 0 bridgehead atoms. The molecular formula is C17H19N3O3. The molecule has 3 rings (SSSR count). The van der Waals surface area contributed by atoms with Crippen molar-refractivity contribution in [3.63, 3.8) is 0 Å². The third-order valence-corrected chi connectivity index (χ3v) is 4.30. The van der Waals surface area contributed by atoms with E-state index in [1.807, 2.05) is 24.3 Å². The summed E-state index contributed by atoms with van der Waals surface area (Å²) in [7, 11) is 1.59. The molecule has 0 radical (unpaired) electrons. The van der Waals surface area contributed by atoms with Crippen molar-refractivity contribution in [1.29, 1.82) is 0 Å². The van der Waals surface area contributed by atoms with Gasteiger partial charge in [-0.3, -0.25) is 14.6 Å². The standard InChI is InChI=1S/C17H19N3O3/c1-23-14-10-20(9-12(14)8-15(18)21)17(22)13-6-2-4-11-5-3-7-19-16(11)13/h2-7,12,14H,8-10H2,1H3,(H2,18,21)/t12-,14-/m0/s1. The van der Waals surface area contributed by atoms with Crippen molar-refractivity contribution in [1.82, 2.24) is 9.88 Å². The highest BCUT2D eigenvalue weighted by molar-refractivity contribution is 6.05. The molecule has 2 N–H and O–H groups in total. The van der Waals surface area contributed by atoms with Crippen molar-refractivity contribution in [2.45, 2.75) is 12.5 Å². The van der Waals surface area contributed by atoms with Crippen LogP contribution >= 0.6 is 0 Å². The molecule has 2 amide bonds. The van der Waals surface area contributed by atoms with E-state index in [2.05, 4.69) is 4.98 Å². The summed E-state index contributed by atoms with van der Waals surface area (Å²) < 4.78 is 5.41. The summed E-state index contributed by atoms with van der Waals surface area (Å²) in [6, 6.07) is 9.33. The summed E-state index contributed by atoms with van der Waals surface area (Å²) in [5.41, 5.74) is 6.54. The van der Waals surface area contributed by atoms with Crippen LogP contribution in [0.25, 0.3) is 10.9 Å². The van der Waals surface area contributed by atoms with E-state index >= 15 is 0 Å². The van der Waals surface area contributed by atoms with Gasteiger partial charge >= 0.3 is 0 Å². The number of rotatable bonds is 4. The van der Waals surface area contributed by atoms with Gasteiger partial charge in [0, 0.05) is 44.1 Å². The zero-order valence-electron chi connectivity index (χ0n) is 12.9. The van der Waals surface area contributed by atoms with Gasteiger partial charge in [0.15, 0.2) is 0 Å². The maximum absolute atomic E-state index is 12.9. The quantitative estimate of drug-likeness (QED) is 0.919. The highest BCUT2D eigenvalue weighted by Gasteiger charge is 2.36. The third kappa shape index (κ3) is 3.03. The van der Waals surface area contributed by atoms with Gasteiger partial charge in [-0.1, -0.05) is 18.2 Å². The van der Waals surface area contributed by atoms with Crippen molar-refractivity contribution in [2.75, 3.05) is 20.2 Å². The van der Waals surface area contributed by atoms with Crippen LogP contribution in [0.15, 0.2) is 36.5 Å². The zero-order valence-corrected chi connectivity index (χ0v) is 12.9. The number of fused-ring (bicyclic) bond motifs is 1. The Morgan fingerprint density at radius 2 is 2.09 bits per heavy atom. The average molecular weight is 313 g/mol. The molecule has 2 atom stereocenters. The van der Waals surface area contributed by atoms with Crippen molar-refractivity contribution in [3.8, 4) is 0 Å². The number of benzene rings is 1. The van der Waals surface area contributed by atoms with Crippen molar-refractivity contribution in [2.24, 2.45) is 11.7 Å². The van der Waals surface area contributed by atoms with Gasteiger partial charge in [-0.2, -0.15) is 0 Å². The predicted molar refractivity (Wildman–Crippen MR) is 85.7 cm³/mol. The van der Waals surface area contributed by atoms with E-state index in [1.165, 1.54) is 0 Å². The Kier molecular flexibility index (Phi) is 4.25. The largest absolute Gasteiger partial charge is 0.379 e. The molecule has 0 unspecified atom stereocenters. The highest BCUT2D eigenvalue weighted by atomic mass is 16.5. The summed E-state index contributed by atoms with van der Waals surface area (Å²) in [6.07, 6.45) is 1.72. The molecule has 2 heterocycles. The number of ether oxygens (including phenoxy) is 1. The van der Waals surface area contributed by atoms with Crippen LogP contribution in [-0.2, 0) is 9.53 Å². The number of amides is 2. The number of para-hydroxylation sites is 1. The number of carbonyl (C=O) groups excluding carboxylic acids is 2. The van der Waals surface area contributed by atoms with E-state index in [4.69, 9.17) is 10.5 Å². The Labute approximate surface area is 134 Å². The first-order valence-electron chi connectivity index (χ1n) is 7.54. The lowest BCUT2D eigenvalue weighted by Gasteiger charge is -2.17. The number of nitrogens with two attached hydrogens (primary N) is 1. The Bertz CT molecular complexity index is 741. The molecule has 6 heteroatoms. The number of hydrogen-bond acceptors (Lipinski definition) is 4. The summed E-state index contributed by atoms with van der Waals surface area (Å²) in [5, 5.41) is 0.925. The molecule has 1 saturated heterocycles. The minimum Gasteiger partial charge on any atom is -0.379 e. The van der Waals surface area contributed by atoms with Gasteiger partial charge < -0.3 is 15.4 Å². The topological polar surface area (TPSA) is 85.5 Å². The molecule has 23 heavy (non-hydrogen) atoms. The maximum Gasteiger partial charge on any atom is 0.256 e. The number of hydrogen-bond donors (Lipinski definition) is 1. The first kappa shape index (κ1) is 15.4. The second-order valence-corrected chi connectivity index (χ2v) is 5.80. The Balaban J connectivity index is 1.87. The molecule has 1 aromatic heterocycles. The van der Waals surface area contributed by atoms with E-state index in [9.17, 15) is 9.59 Å². The molecule has 1 fully saturated rings. The molecule has 1 aromatic carbocycles. The maximum atomic E-state index is 12.9. The summed E-state index contributed by atoms with van der Waals surface area (Å²) in [5.74, 6) is -0.536. The molecule has 6 nitrogen and oxygen atoms in total. The molecule has 0 spiro atoms. The van der Waals surface area contributed by atoms with Crippen LogP contribution in [0.3, 0.4) is 0 Å². The van der Waals surface area contributed by atoms with Crippen molar-refractivity contribution >= 4 is 22.7 Å². The molecule has 120 valence electrons. The molecule has 0 aliphatic carbocycles. The predicted octanol–water partition coefficient (Wildman–Crippen LogP) is 1.20. The van der Waals surface area contributed by atoms with Gasteiger partial charge in [0.2, 0.25) is 5.91 Å². The highest BCUT2D eigenvalue weighted by Crippen LogP contribution is 2.26. The van der Waals surface area contributed by atoms with Crippen LogP contribution in [0.1, 0.15) is 16.8 Å². The zero-order chi connectivity index (χ0) is 16.4. The van der Waals surface area contributed by atoms with Crippen LogP contribution in [0.2, 0.25) is 0 Å². The van der Waals surface area contributed by atoms with Crippen LogP contribution in [0.4, 0.5) is 0 Å². The average Bonchev–Trinajstić information content (AvgIpc) is 2.95. The normalized spacial score (nSPS) is 20.8. The van der Waals surface area contributed by atoms with E-state index < -0.39 is 0 Å². The van der Waals surface area contributed by atoms with Gasteiger partial charge in [0.1, 0.15) is 0 Å². The monoisotopic (exact) mass is 313 g/mol. The van der Waals surface area contributed by atoms with Crippen molar-refractivity contribution in [3.05, 3.63) is 42.1 Å². The van der Waals surface area contributed by atoms with Crippen LogP contribution in [-0.4, -0.2) is 48.0 Å². The molecular weight excluding hydrogens is 294 g/mol. The fraction of sp³-hybridized carbons (Fsp3) is 0.353. The molecule has 0 saturated carbocycles. The van der Waals surface area contributed by atoms with Gasteiger partial charge in [-0.15, -0.1) is 0 Å². The Morgan fingerprint density at radius 1 is 1.30 bits per heavy atom. The Hall–Kier alpha value is -2.47.